The summed E-state index contributed by atoms with van der Waals surface area (Å²) in [6, 6.07) is 6.32. The molecule has 5 heteroatoms. The summed E-state index contributed by atoms with van der Waals surface area (Å²) >= 11 is 0. The molecule has 24 heavy (non-hydrogen) atoms. The Labute approximate surface area is 143 Å². The number of hydrogen-bond acceptors (Lipinski definition) is 4. The highest BCUT2D eigenvalue weighted by atomic mass is 16.6. The minimum atomic E-state index is -0.407. The predicted octanol–water partition coefficient (Wildman–Crippen LogP) is 5.34. The lowest BCUT2D eigenvalue weighted by Crippen LogP contribution is -1.94. The first-order chi connectivity index (χ1) is 11.7. The highest BCUT2D eigenvalue weighted by molar-refractivity contribution is 5.56. The number of unbranched alkanes of at least 4 members (excludes halogenated alkanes) is 6. The van der Waals surface area contributed by atoms with Crippen LogP contribution in [-0.4, -0.2) is 14.9 Å². The van der Waals surface area contributed by atoms with Crippen molar-refractivity contribution in [3.63, 3.8) is 0 Å². The Morgan fingerprint density at radius 1 is 0.917 bits per heavy atom. The van der Waals surface area contributed by atoms with Crippen LogP contribution in [0.15, 0.2) is 36.7 Å². The maximum atomic E-state index is 10.7. The monoisotopic (exact) mass is 327 g/mol. The third-order valence-corrected chi connectivity index (χ3v) is 4.11. The highest BCUT2D eigenvalue weighted by Gasteiger charge is 2.07. The van der Waals surface area contributed by atoms with Crippen molar-refractivity contribution in [3.05, 3.63) is 52.3 Å². The second-order valence-electron chi connectivity index (χ2n) is 6.09. The fraction of sp³-hybridized carbons (Fsp3) is 0.474. The van der Waals surface area contributed by atoms with Crippen molar-refractivity contribution in [2.45, 2.75) is 58.3 Å². The maximum Gasteiger partial charge on any atom is 0.269 e. The van der Waals surface area contributed by atoms with Gasteiger partial charge in [-0.3, -0.25) is 10.1 Å². The minimum absolute atomic E-state index is 0.0781. The summed E-state index contributed by atoms with van der Waals surface area (Å²) in [4.78, 5) is 19.0. The SMILES string of the molecule is CCCCCCCCCc1cnc(-c2ccc([N+](=O)[O-])cc2)nc1. The number of rotatable bonds is 10. The number of non-ortho nitro benzene ring substituents is 1. The molecule has 0 atom stereocenters. The first-order valence-corrected chi connectivity index (χ1v) is 8.76. The van der Waals surface area contributed by atoms with Crippen LogP contribution in [0.4, 0.5) is 5.69 Å². The third-order valence-electron chi connectivity index (χ3n) is 4.11. The van der Waals surface area contributed by atoms with Crippen LogP contribution in [0.3, 0.4) is 0 Å². The van der Waals surface area contributed by atoms with E-state index in [0.29, 0.717) is 5.82 Å². The van der Waals surface area contributed by atoms with Gasteiger partial charge >= 0.3 is 0 Å². The third kappa shape index (κ3) is 5.72. The van der Waals surface area contributed by atoms with Crippen LogP contribution in [-0.2, 0) is 6.42 Å². The van der Waals surface area contributed by atoms with Crippen molar-refractivity contribution in [2.24, 2.45) is 0 Å². The van der Waals surface area contributed by atoms with Crippen molar-refractivity contribution >= 4 is 5.69 Å². The summed E-state index contributed by atoms with van der Waals surface area (Å²) in [6.07, 6.45) is 13.8. The molecular formula is C19H25N3O2. The molecule has 0 fully saturated rings. The van der Waals surface area contributed by atoms with Gasteiger partial charge in [-0.25, -0.2) is 9.97 Å². The zero-order chi connectivity index (χ0) is 17.2. The van der Waals surface area contributed by atoms with E-state index in [1.54, 1.807) is 12.1 Å². The van der Waals surface area contributed by atoms with Crippen LogP contribution in [0.1, 0.15) is 57.4 Å². The molecule has 1 aromatic heterocycles. The fourth-order valence-corrected chi connectivity index (χ4v) is 2.65. The number of hydrogen-bond donors (Lipinski definition) is 0. The molecule has 0 aliphatic heterocycles. The van der Waals surface area contributed by atoms with E-state index in [0.717, 1.165) is 17.5 Å². The van der Waals surface area contributed by atoms with E-state index in [9.17, 15) is 10.1 Å². The normalized spacial score (nSPS) is 10.7. The molecule has 0 N–H and O–H groups in total. The van der Waals surface area contributed by atoms with Crippen LogP contribution in [0.25, 0.3) is 11.4 Å². The van der Waals surface area contributed by atoms with Crippen LogP contribution in [0, 0.1) is 10.1 Å². The first-order valence-electron chi connectivity index (χ1n) is 8.76. The van der Waals surface area contributed by atoms with Gasteiger partial charge < -0.3 is 0 Å². The summed E-state index contributed by atoms with van der Waals surface area (Å²) in [5, 5.41) is 10.7. The summed E-state index contributed by atoms with van der Waals surface area (Å²) in [5.74, 6) is 0.605. The molecule has 0 amide bonds. The molecule has 0 saturated carbocycles. The lowest BCUT2D eigenvalue weighted by atomic mass is 10.1. The average molecular weight is 327 g/mol. The van der Waals surface area contributed by atoms with E-state index in [4.69, 9.17) is 0 Å². The zero-order valence-corrected chi connectivity index (χ0v) is 14.3. The summed E-state index contributed by atoms with van der Waals surface area (Å²) < 4.78 is 0. The van der Waals surface area contributed by atoms with Gasteiger partial charge in [0.2, 0.25) is 0 Å². The molecule has 0 unspecified atom stereocenters. The molecular weight excluding hydrogens is 302 g/mol. The predicted molar refractivity (Wildman–Crippen MR) is 95.8 cm³/mol. The standard InChI is InChI=1S/C19H25N3O2/c1-2-3-4-5-6-7-8-9-16-14-20-19(21-15-16)17-10-12-18(13-11-17)22(23)24/h10-15H,2-9H2,1H3. The molecule has 0 aliphatic carbocycles. The lowest BCUT2D eigenvalue weighted by Gasteiger charge is -2.04. The molecule has 2 rings (SSSR count). The van der Waals surface area contributed by atoms with E-state index in [1.807, 2.05) is 12.4 Å². The van der Waals surface area contributed by atoms with Gasteiger partial charge in [0, 0.05) is 30.1 Å². The number of nitro groups is 1. The molecule has 0 aliphatic rings. The van der Waals surface area contributed by atoms with E-state index in [1.165, 1.54) is 57.1 Å². The van der Waals surface area contributed by atoms with Crippen LogP contribution >= 0.6 is 0 Å². The van der Waals surface area contributed by atoms with Crippen molar-refractivity contribution in [2.75, 3.05) is 0 Å². The number of aromatic nitrogens is 2. The Morgan fingerprint density at radius 3 is 2.08 bits per heavy atom. The summed E-state index contributed by atoms with van der Waals surface area (Å²) in [7, 11) is 0. The maximum absolute atomic E-state index is 10.7. The average Bonchev–Trinajstić information content (AvgIpc) is 2.61. The van der Waals surface area contributed by atoms with Gasteiger partial charge in [0.15, 0.2) is 5.82 Å². The first kappa shape index (κ1) is 18.0. The quantitative estimate of drug-likeness (QED) is 0.335. The van der Waals surface area contributed by atoms with E-state index in [-0.39, 0.29) is 5.69 Å². The smallest absolute Gasteiger partial charge is 0.258 e. The van der Waals surface area contributed by atoms with Crippen molar-refractivity contribution < 1.29 is 4.92 Å². The van der Waals surface area contributed by atoms with Crippen molar-refractivity contribution in [1.29, 1.82) is 0 Å². The molecule has 1 heterocycles. The number of nitrogens with zero attached hydrogens (tertiary/aromatic N) is 3. The molecule has 2 aromatic rings. The van der Waals surface area contributed by atoms with Gasteiger partial charge in [0.05, 0.1) is 4.92 Å². The van der Waals surface area contributed by atoms with Crippen molar-refractivity contribution in [1.82, 2.24) is 9.97 Å². The summed E-state index contributed by atoms with van der Waals surface area (Å²) in [6.45, 7) is 2.24. The zero-order valence-electron chi connectivity index (χ0n) is 14.3. The second kappa shape index (κ2) is 9.75. The molecule has 128 valence electrons. The minimum Gasteiger partial charge on any atom is -0.258 e. The van der Waals surface area contributed by atoms with Gasteiger partial charge in [0.1, 0.15) is 0 Å². The summed E-state index contributed by atoms with van der Waals surface area (Å²) in [5.41, 5.74) is 2.02. The van der Waals surface area contributed by atoms with Crippen molar-refractivity contribution in [3.8, 4) is 11.4 Å². The van der Waals surface area contributed by atoms with E-state index >= 15 is 0 Å². The highest BCUT2D eigenvalue weighted by Crippen LogP contribution is 2.19. The van der Waals surface area contributed by atoms with E-state index in [2.05, 4.69) is 16.9 Å². The number of nitro benzene ring substituents is 1. The second-order valence-corrected chi connectivity index (χ2v) is 6.09. The van der Waals surface area contributed by atoms with E-state index < -0.39 is 4.92 Å². The van der Waals surface area contributed by atoms with Gasteiger partial charge in [-0.05, 0) is 30.5 Å². The molecule has 0 saturated heterocycles. The Hall–Kier alpha value is -2.30. The Kier molecular flexibility index (Phi) is 7.33. The number of benzene rings is 1. The largest absolute Gasteiger partial charge is 0.269 e. The Morgan fingerprint density at radius 2 is 1.50 bits per heavy atom. The van der Waals surface area contributed by atoms with Crippen LogP contribution in [0.2, 0.25) is 0 Å². The van der Waals surface area contributed by atoms with Gasteiger partial charge in [-0.15, -0.1) is 0 Å². The molecule has 0 radical (unpaired) electrons. The molecule has 0 spiro atoms. The topological polar surface area (TPSA) is 68.9 Å². The lowest BCUT2D eigenvalue weighted by molar-refractivity contribution is -0.384. The molecule has 1 aromatic carbocycles. The van der Waals surface area contributed by atoms with Gasteiger partial charge in [-0.2, -0.15) is 0 Å². The number of aryl methyl sites for hydroxylation is 1. The van der Waals surface area contributed by atoms with Gasteiger partial charge in [0.25, 0.3) is 5.69 Å². The Balaban J connectivity index is 1.79. The van der Waals surface area contributed by atoms with Crippen LogP contribution < -0.4 is 0 Å². The molecule has 5 nitrogen and oxygen atoms in total. The van der Waals surface area contributed by atoms with Gasteiger partial charge in [-0.1, -0.05) is 45.4 Å². The fourth-order valence-electron chi connectivity index (χ4n) is 2.65. The Bertz CT molecular complexity index is 624. The van der Waals surface area contributed by atoms with Crippen LogP contribution in [0.5, 0.6) is 0 Å². The molecule has 0 bridgehead atoms.